The van der Waals surface area contributed by atoms with E-state index in [1.807, 2.05) is 35.0 Å². The Balaban J connectivity index is 1.58. The van der Waals surface area contributed by atoms with Crippen LogP contribution >= 0.6 is 0 Å². The van der Waals surface area contributed by atoms with Gasteiger partial charge in [0.15, 0.2) is 0 Å². The monoisotopic (exact) mass is 341 g/mol. The topological polar surface area (TPSA) is 63.1 Å². The number of carbonyl (C=O) groups is 1. The zero-order chi connectivity index (χ0) is 17.8. The van der Waals surface area contributed by atoms with Gasteiger partial charge in [-0.1, -0.05) is 13.8 Å². The number of carbonyl (C=O) groups excluding carboxylic acids is 1. The van der Waals surface area contributed by atoms with Crippen LogP contribution in [0.1, 0.15) is 37.4 Å². The van der Waals surface area contributed by atoms with Crippen LogP contribution in [0.25, 0.3) is 0 Å². The van der Waals surface area contributed by atoms with Crippen molar-refractivity contribution in [1.82, 2.24) is 25.0 Å². The predicted molar refractivity (Wildman–Crippen MR) is 96.6 cm³/mol. The number of pyridine rings is 1. The predicted octanol–water partition coefficient (Wildman–Crippen LogP) is 2.24. The largest absolute Gasteiger partial charge is 0.338 e. The molecule has 3 heterocycles. The van der Waals surface area contributed by atoms with Crippen molar-refractivity contribution in [1.29, 1.82) is 0 Å². The van der Waals surface area contributed by atoms with Crippen molar-refractivity contribution in [3.63, 3.8) is 0 Å². The summed E-state index contributed by atoms with van der Waals surface area (Å²) in [5.74, 6) is 1.06. The molecule has 2 aromatic heterocycles. The molecule has 0 radical (unpaired) electrons. The lowest BCUT2D eigenvalue weighted by Crippen LogP contribution is -2.29. The average Bonchev–Trinajstić information content (AvgIpc) is 3.13. The van der Waals surface area contributed by atoms with Crippen LogP contribution in [0.15, 0.2) is 36.9 Å². The second-order valence-electron chi connectivity index (χ2n) is 7.29. The van der Waals surface area contributed by atoms with E-state index in [2.05, 4.69) is 35.4 Å². The van der Waals surface area contributed by atoms with E-state index >= 15 is 0 Å². The van der Waals surface area contributed by atoms with Crippen molar-refractivity contribution >= 4 is 5.91 Å². The zero-order valence-corrected chi connectivity index (χ0v) is 15.2. The fourth-order valence-electron chi connectivity index (χ4n) is 3.57. The molecule has 25 heavy (non-hydrogen) atoms. The fraction of sp³-hybridized carbons (Fsp3) is 0.526. The van der Waals surface area contributed by atoms with Crippen molar-refractivity contribution in [2.24, 2.45) is 11.8 Å². The van der Waals surface area contributed by atoms with E-state index in [1.165, 1.54) is 5.56 Å². The number of nitrogens with zero attached hydrogens (tertiary/aromatic N) is 4. The SMILES string of the molecule is CC(C)Cn1cc(CNC[C@@H]2CC(=O)N(C)[C@H]2c2ccncc2)cn1. The van der Waals surface area contributed by atoms with Gasteiger partial charge in [-0.15, -0.1) is 0 Å². The van der Waals surface area contributed by atoms with Gasteiger partial charge < -0.3 is 10.2 Å². The van der Waals surface area contributed by atoms with E-state index in [0.29, 0.717) is 12.3 Å². The molecule has 0 saturated carbocycles. The number of amides is 1. The van der Waals surface area contributed by atoms with Crippen molar-refractivity contribution in [2.75, 3.05) is 13.6 Å². The third-order valence-electron chi connectivity index (χ3n) is 4.72. The van der Waals surface area contributed by atoms with Crippen LogP contribution in [-0.4, -0.2) is 39.2 Å². The molecular weight excluding hydrogens is 314 g/mol. The molecule has 1 aliphatic heterocycles. The molecule has 0 aliphatic carbocycles. The molecule has 2 aromatic rings. The summed E-state index contributed by atoms with van der Waals surface area (Å²) in [5, 5.41) is 7.90. The Morgan fingerprint density at radius 2 is 2.08 bits per heavy atom. The van der Waals surface area contributed by atoms with Gasteiger partial charge in [-0.2, -0.15) is 5.10 Å². The molecule has 2 atom stereocenters. The molecule has 3 rings (SSSR count). The Kier molecular flexibility index (Phi) is 5.48. The summed E-state index contributed by atoms with van der Waals surface area (Å²) in [5.41, 5.74) is 2.33. The third-order valence-corrected chi connectivity index (χ3v) is 4.72. The normalized spacial score (nSPS) is 20.6. The Morgan fingerprint density at radius 3 is 2.80 bits per heavy atom. The highest BCUT2D eigenvalue weighted by molar-refractivity contribution is 5.79. The maximum atomic E-state index is 12.2. The first-order chi connectivity index (χ1) is 12.0. The summed E-state index contributed by atoms with van der Waals surface area (Å²) in [6.07, 6.45) is 8.18. The first-order valence-corrected chi connectivity index (χ1v) is 8.92. The number of aromatic nitrogens is 3. The van der Waals surface area contributed by atoms with Crippen LogP contribution in [0.5, 0.6) is 0 Å². The molecule has 1 amide bonds. The highest BCUT2D eigenvalue weighted by Crippen LogP contribution is 2.36. The molecule has 6 heteroatoms. The van der Waals surface area contributed by atoms with Gasteiger partial charge in [0.2, 0.25) is 5.91 Å². The lowest BCUT2D eigenvalue weighted by molar-refractivity contribution is -0.127. The molecular formula is C19H27N5O. The molecule has 6 nitrogen and oxygen atoms in total. The Morgan fingerprint density at radius 1 is 1.32 bits per heavy atom. The minimum Gasteiger partial charge on any atom is -0.338 e. The quantitative estimate of drug-likeness (QED) is 0.839. The Labute approximate surface area is 149 Å². The molecule has 0 aromatic carbocycles. The van der Waals surface area contributed by atoms with E-state index in [0.717, 1.165) is 25.2 Å². The minimum atomic E-state index is 0.117. The minimum absolute atomic E-state index is 0.117. The highest BCUT2D eigenvalue weighted by Gasteiger charge is 2.37. The van der Waals surface area contributed by atoms with E-state index in [1.54, 1.807) is 12.4 Å². The van der Waals surface area contributed by atoms with Crippen molar-refractivity contribution in [3.8, 4) is 0 Å². The summed E-state index contributed by atoms with van der Waals surface area (Å²) in [6, 6.07) is 4.12. The van der Waals surface area contributed by atoms with Gasteiger partial charge in [0.05, 0.1) is 12.2 Å². The molecule has 1 saturated heterocycles. The van der Waals surface area contributed by atoms with Gasteiger partial charge in [-0.25, -0.2) is 0 Å². The van der Waals surface area contributed by atoms with Crippen LogP contribution in [-0.2, 0) is 17.9 Å². The lowest BCUT2D eigenvalue weighted by atomic mass is 9.94. The van der Waals surface area contributed by atoms with Gasteiger partial charge in [-0.3, -0.25) is 14.5 Å². The van der Waals surface area contributed by atoms with E-state index in [9.17, 15) is 4.79 Å². The standard InChI is InChI=1S/C19H27N5O/c1-14(2)12-24-13-15(10-22-24)9-21-11-17-8-18(25)23(3)19(17)16-4-6-20-7-5-16/h4-7,10,13-14,17,19,21H,8-9,11-12H2,1-3H3/t17-,19-/m0/s1. The first-order valence-electron chi connectivity index (χ1n) is 8.92. The van der Waals surface area contributed by atoms with E-state index < -0.39 is 0 Å². The Hall–Kier alpha value is -2.21. The van der Waals surface area contributed by atoms with Crippen LogP contribution < -0.4 is 5.32 Å². The smallest absolute Gasteiger partial charge is 0.223 e. The zero-order valence-electron chi connectivity index (χ0n) is 15.2. The Bertz CT molecular complexity index is 697. The van der Waals surface area contributed by atoms with E-state index in [-0.39, 0.29) is 17.9 Å². The molecule has 1 aliphatic rings. The summed E-state index contributed by atoms with van der Waals surface area (Å²) in [4.78, 5) is 18.1. The molecule has 1 N–H and O–H groups in total. The van der Waals surface area contributed by atoms with Crippen LogP contribution in [0.2, 0.25) is 0 Å². The maximum Gasteiger partial charge on any atom is 0.223 e. The lowest BCUT2D eigenvalue weighted by Gasteiger charge is -2.25. The van der Waals surface area contributed by atoms with Crippen LogP contribution in [0.3, 0.4) is 0 Å². The average molecular weight is 341 g/mol. The fourth-order valence-corrected chi connectivity index (χ4v) is 3.57. The highest BCUT2D eigenvalue weighted by atomic mass is 16.2. The third kappa shape index (κ3) is 4.25. The van der Waals surface area contributed by atoms with E-state index in [4.69, 9.17) is 0 Å². The summed E-state index contributed by atoms with van der Waals surface area (Å²) in [6.45, 7) is 6.89. The molecule has 134 valence electrons. The second-order valence-corrected chi connectivity index (χ2v) is 7.29. The van der Waals surface area contributed by atoms with Crippen molar-refractivity contribution in [2.45, 2.75) is 39.4 Å². The van der Waals surface area contributed by atoms with Gasteiger partial charge in [-0.05, 0) is 23.6 Å². The van der Waals surface area contributed by atoms with Crippen molar-refractivity contribution < 1.29 is 4.79 Å². The molecule has 0 spiro atoms. The maximum absolute atomic E-state index is 12.2. The van der Waals surface area contributed by atoms with Gasteiger partial charge in [0.1, 0.15) is 0 Å². The second kappa shape index (κ2) is 7.78. The summed E-state index contributed by atoms with van der Waals surface area (Å²) < 4.78 is 1.99. The summed E-state index contributed by atoms with van der Waals surface area (Å²) >= 11 is 0. The van der Waals surface area contributed by atoms with Crippen LogP contribution in [0, 0.1) is 11.8 Å². The van der Waals surface area contributed by atoms with Crippen molar-refractivity contribution in [3.05, 3.63) is 48.0 Å². The number of hydrogen-bond acceptors (Lipinski definition) is 4. The number of nitrogens with one attached hydrogen (secondary N) is 1. The number of rotatable bonds is 7. The first kappa shape index (κ1) is 17.6. The van der Waals surface area contributed by atoms with Gasteiger partial charge in [0.25, 0.3) is 0 Å². The number of likely N-dealkylation sites (tertiary alicyclic amines) is 1. The molecule has 0 bridgehead atoms. The van der Waals surface area contributed by atoms with Gasteiger partial charge >= 0.3 is 0 Å². The van der Waals surface area contributed by atoms with Gasteiger partial charge in [0, 0.05) is 63.2 Å². The summed E-state index contributed by atoms with van der Waals surface area (Å²) in [7, 11) is 1.89. The molecule has 1 fully saturated rings. The molecule has 0 unspecified atom stereocenters. The number of hydrogen-bond donors (Lipinski definition) is 1. The van der Waals surface area contributed by atoms with Crippen LogP contribution in [0.4, 0.5) is 0 Å².